The summed E-state index contributed by atoms with van der Waals surface area (Å²) in [5.74, 6) is 0.0944. The molecule has 2 fully saturated rings. The number of aromatic nitrogens is 1. The fourth-order valence-electron chi connectivity index (χ4n) is 4.07. The number of anilines is 1. The molecule has 2 heterocycles. The topological polar surface area (TPSA) is 48.5 Å². The summed E-state index contributed by atoms with van der Waals surface area (Å²) in [4.78, 5) is 21.6. The SMILES string of the molecule is O=C(c1cncc(NC2CCCC2)c1)N1CCN(Cc2ccccc2)CC1. The quantitative estimate of drug-likeness (QED) is 0.883. The van der Waals surface area contributed by atoms with E-state index in [1.807, 2.05) is 23.2 Å². The van der Waals surface area contributed by atoms with E-state index >= 15 is 0 Å². The van der Waals surface area contributed by atoms with Crippen molar-refractivity contribution >= 4 is 11.6 Å². The molecule has 1 amide bonds. The Hall–Kier alpha value is -2.40. The Balaban J connectivity index is 1.32. The van der Waals surface area contributed by atoms with Crippen LogP contribution in [-0.2, 0) is 6.54 Å². The average molecular weight is 364 g/mol. The van der Waals surface area contributed by atoms with Crippen molar-refractivity contribution in [1.82, 2.24) is 14.8 Å². The number of hydrogen-bond acceptors (Lipinski definition) is 4. The van der Waals surface area contributed by atoms with Crippen molar-refractivity contribution in [1.29, 1.82) is 0 Å². The van der Waals surface area contributed by atoms with Crippen LogP contribution in [0.2, 0.25) is 0 Å². The molecule has 5 nitrogen and oxygen atoms in total. The molecule has 27 heavy (non-hydrogen) atoms. The number of carbonyl (C=O) groups is 1. The van der Waals surface area contributed by atoms with Crippen molar-refractivity contribution in [3.63, 3.8) is 0 Å². The highest BCUT2D eigenvalue weighted by molar-refractivity contribution is 5.94. The van der Waals surface area contributed by atoms with E-state index in [0.717, 1.165) is 38.4 Å². The molecule has 142 valence electrons. The summed E-state index contributed by atoms with van der Waals surface area (Å²) in [6.45, 7) is 4.31. The number of amides is 1. The first-order valence-corrected chi connectivity index (χ1v) is 10.0. The molecule has 0 unspecified atom stereocenters. The average Bonchev–Trinajstić information content (AvgIpc) is 3.22. The minimum atomic E-state index is 0.0944. The minimum absolute atomic E-state index is 0.0944. The van der Waals surface area contributed by atoms with Crippen LogP contribution in [0.4, 0.5) is 5.69 Å². The summed E-state index contributed by atoms with van der Waals surface area (Å²) in [6.07, 6.45) is 8.52. The van der Waals surface area contributed by atoms with Gasteiger partial charge >= 0.3 is 0 Å². The number of benzene rings is 1. The zero-order valence-electron chi connectivity index (χ0n) is 15.8. The Morgan fingerprint density at radius 1 is 1.04 bits per heavy atom. The Bertz CT molecular complexity index is 750. The van der Waals surface area contributed by atoms with Gasteiger partial charge in [0.15, 0.2) is 0 Å². The number of piperazine rings is 1. The molecule has 2 aromatic rings. The Morgan fingerprint density at radius 2 is 1.78 bits per heavy atom. The van der Waals surface area contributed by atoms with Gasteiger partial charge in [-0.25, -0.2) is 0 Å². The van der Waals surface area contributed by atoms with E-state index in [1.165, 1.54) is 31.2 Å². The summed E-state index contributed by atoms with van der Waals surface area (Å²) >= 11 is 0. The molecule has 1 aromatic carbocycles. The Morgan fingerprint density at radius 3 is 2.52 bits per heavy atom. The fraction of sp³-hybridized carbons (Fsp3) is 0.455. The van der Waals surface area contributed by atoms with Gasteiger partial charge in [-0.05, 0) is 24.5 Å². The summed E-state index contributed by atoms with van der Waals surface area (Å²) in [7, 11) is 0. The monoisotopic (exact) mass is 364 g/mol. The standard InChI is InChI=1S/C22H28N4O/c27-22(19-14-21(16-23-15-19)24-20-8-4-5-9-20)26-12-10-25(11-13-26)17-18-6-2-1-3-7-18/h1-3,6-7,14-16,20,24H,4-5,8-13,17H2. The number of rotatable bonds is 5. The number of pyridine rings is 1. The molecule has 0 bridgehead atoms. The lowest BCUT2D eigenvalue weighted by molar-refractivity contribution is 0.0628. The van der Waals surface area contributed by atoms with Gasteiger partial charge in [-0.3, -0.25) is 14.7 Å². The lowest BCUT2D eigenvalue weighted by Gasteiger charge is -2.34. The van der Waals surface area contributed by atoms with E-state index in [0.29, 0.717) is 11.6 Å². The van der Waals surface area contributed by atoms with Crippen molar-refractivity contribution in [2.75, 3.05) is 31.5 Å². The van der Waals surface area contributed by atoms with Gasteiger partial charge in [0.25, 0.3) is 5.91 Å². The second-order valence-corrected chi connectivity index (χ2v) is 7.64. The van der Waals surface area contributed by atoms with E-state index < -0.39 is 0 Å². The van der Waals surface area contributed by atoms with Crippen molar-refractivity contribution in [2.24, 2.45) is 0 Å². The van der Waals surface area contributed by atoms with E-state index in [4.69, 9.17) is 0 Å². The van der Waals surface area contributed by atoms with Gasteiger partial charge in [0.1, 0.15) is 0 Å². The maximum atomic E-state index is 12.9. The number of nitrogens with one attached hydrogen (secondary N) is 1. The summed E-state index contributed by atoms with van der Waals surface area (Å²) < 4.78 is 0. The zero-order valence-corrected chi connectivity index (χ0v) is 15.8. The first kappa shape index (κ1) is 18.0. The predicted molar refractivity (Wildman–Crippen MR) is 108 cm³/mol. The van der Waals surface area contributed by atoms with Gasteiger partial charge in [-0.2, -0.15) is 0 Å². The second kappa shape index (κ2) is 8.53. The molecule has 1 aromatic heterocycles. The van der Waals surface area contributed by atoms with E-state index in [2.05, 4.69) is 39.5 Å². The fourth-order valence-corrected chi connectivity index (χ4v) is 4.07. The Labute approximate surface area is 161 Å². The molecular weight excluding hydrogens is 336 g/mol. The number of nitrogens with zero attached hydrogens (tertiary/aromatic N) is 3. The van der Waals surface area contributed by atoms with Gasteiger partial charge < -0.3 is 10.2 Å². The van der Waals surface area contributed by atoms with Crippen LogP contribution in [-0.4, -0.2) is 52.9 Å². The summed E-state index contributed by atoms with van der Waals surface area (Å²) in [5, 5.41) is 3.53. The molecule has 1 N–H and O–H groups in total. The summed E-state index contributed by atoms with van der Waals surface area (Å²) in [6, 6.07) is 13.0. The molecule has 0 spiro atoms. The first-order chi connectivity index (χ1) is 13.3. The minimum Gasteiger partial charge on any atom is -0.381 e. The van der Waals surface area contributed by atoms with Crippen LogP contribution < -0.4 is 5.32 Å². The molecule has 0 atom stereocenters. The third kappa shape index (κ3) is 4.66. The van der Waals surface area contributed by atoms with Crippen LogP contribution in [0.1, 0.15) is 41.6 Å². The van der Waals surface area contributed by atoms with E-state index in [-0.39, 0.29) is 5.91 Å². The van der Waals surface area contributed by atoms with Gasteiger partial charge in [-0.15, -0.1) is 0 Å². The maximum absolute atomic E-state index is 12.9. The molecule has 2 aliphatic rings. The molecular formula is C22H28N4O. The normalized spacial score (nSPS) is 18.6. The van der Waals surface area contributed by atoms with Crippen LogP contribution in [0, 0.1) is 0 Å². The lowest BCUT2D eigenvalue weighted by Crippen LogP contribution is -2.48. The first-order valence-electron chi connectivity index (χ1n) is 10.0. The molecule has 1 saturated carbocycles. The molecule has 1 saturated heterocycles. The van der Waals surface area contributed by atoms with Crippen LogP contribution in [0.15, 0.2) is 48.8 Å². The number of carbonyl (C=O) groups excluding carboxylic acids is 1. The highest BCUT2D eigenvalue weighted by Gasteiger charge is 2.23. The van der Waals surface area contributed by atoms with Gasteiger partial charge in [-0.1, -0.05) is 43.2 Å². The third-order valence-corrected chi connectivity index (χ3v) is 5.62. The molecule has 5 heteroatoms. The van der Waals surface area contributed by atoms with Crippen molar-refractivity contribution in [3.8, 4) is 0 Å². The zero-order chi connectivity index (χ0) is 18.5. The van der Waals surface area contributed by atoms with Crippen LogP contribution in [0.25, 0.3) is 0 Å². The van der Waals surface area contributed by atoms with Crippen LogP contribution >= 0.6 is 0 Å². The number of hydrogen-bond donors (Lipinski definition) is 1. The van der Waals surface area contributed by atoms with Crippen molar-refractivity contribution in [3.05, 3.63) is 59.9 Å². The van der Waals surface area contributed by atoms with Gasteiger partial charge in [0.05, 0.1) is 11.3 Å². The van der Waals surface area contributed by atoms with Gasteiger partial charge in [0.2, 0.25) is 0 Å². The maximum Gasteiger partial charge on any atom is 0.255 e. The predicted octanol–water partition coefficient (Wildman–Crippen LogP) is 3.39. The Kier molecular flexibility index (Phi) is 5.68. The summed E-state index contributed by atoms with van der Waals surface area (Å²) in [5.41, 5.74) is 2.98. The lowest BCUT2D eigenvalue weighted by atomic mass is 10.1. The second-order valence-electron chi connectivity index (χ2n) is 7.64. The van der Waals surface area contributed by atoms with Crippen LogP contribution in [0.5, 0.6) is 0 Å². The molecule has 1 aliphatic heterocycles. The van der Waals surface area contributed by atoms with Crippen LogP contribution in [0.3, 0.4) is 0 Å². The molecule has 1 aliphatic carbocycles. The smallest absolute Gasteiger partial charge is 0.255 e. The molecule has 0 radical (unpaired) electrons. The largest absolute Gasteiger partial charge is 0.381 e. The van der Waals surface area contributed by atoms with Gasteiger partial charge in [0, 0.05) is 51.2 Å². The third-order valence-electron chi connectivity index (χ3n) is 5.62. The van der Waals surface area contributed by atoms with E-state index in [9.17, 15) is 4.79 Å². The highest BCUT2D eigenvalue weighted by Crippen LogP contribution is 2.22. The molecule has 4 rings (SSSR count). The highest BCUT2D eigenvalue weighted by atomic mass is 16.2. The van der Waals surface area contributed by atoms with E-state index in [1.54, 1.807) is 6.20 Å². The van der Waals surface area contributed by atoms with Crippen molar-refractivity contribution in [2.45, 2.75) is 38.3 Å². The van der Waals surface area contributed by atoms with Crippen molar-refractivity contribution < 1.29 is 4.79 Å².